The standard InChI is InChI=1S/C18H14ClF3N4O2/c1-10-8-26-14(23-24-16(26)13-6-3-7-28-13)9-25(10)17(27)11-4-2-5-12(15(11)19)18(20,21)22/h2-7,10H,8-9H2,1H3. The summed E-state index contributed by atoms with van der Waals surface area (Å²) in [4.78, 5) is 14.4. The number of hydrogen-bond donors (Lipinski definition) is 0. The van der Waals surface area contributed by atoms with Crippen molar-refractivity contribution < 1.29 is 22.4 Å². The Morgan fingerprint density at radius 3 is 2.71 bits per heavy atom. The number of fused-ring (bicyclic) bond motifs is 1. The van der Waals surface area contributed by atoms with Gasteiger partial charge in [0.05, 0.1) is 29.0 Å². The lowest BCUT2D eigenvalue weighted by Crippen LogP contribution is -2.45. The maximum absolute atomic E-state index is 13.1. The number of nitrogens with zero attached hydrogens (tertiary/aromatic N) is 4. The largest absolute Gasteiger partial charge is 0.461 e. The summed E-state index contributed by atoms with van der Waals surface area (Å²) in [6.45, 7) is 2.27. The minimum atomic E-state index is -4.64. The number of benzene rings is 1. The SMILES string of the molecule is CC1Cn2c(nnc2-c2ccco2)CN1C(=O)c1cccc(C(F)(F)F)c1Cl. The van der Waals surface area contributed by atoms with E-state index in [4.69, 9.17) is 16.0 Å². The zero-order valence-electron chi connectivity index (χ0n) is 14.6. The maximum atomic E-state index is 13.1. The first-order valence-corrected chi connectivity index (χ1v) is 8.78. The van der Waals surface area contributed by atoms with Crippen molar-refractivity contribution >= 4 is 17.5 Å². The number of rotatable bonds is 2. The van der Waals surface area contributed by atoms with E-state index in [2.05, 4.69) is 10.2 Å². The molecular formula is C18H14ClF3N4O2. The molecule has 4 rings (SSSR count). The smallest absolute Gasteiger partial charge is 0.417 e. The van der Waals surface area contributed by atoms with E-state index in [1.165, 1.54) is 23.3 Å². The lowest BCUT2D eigenvalue weighted by Gasteiger charge is -2.34. The first-order valence-electron chi connectivity index (χ1n) is 8.40. The number of halogens is 4. The molecule has 0 radical (unpaired) electrons. The molecule has 0 spiro atoms. The number of amides is 1. The Balaban J connectivity index is 1.66. The number of carbonyl (C=O) groups is 1. The van der Waals surface area contributed by atoms with Crippen LogP contribution >= 0.6 is 11.6 Å². The highest BCUT2D eigenvalue weighted by atomic mass is 35.5. The van der Waals surface area contributed by atoms with Crippen LogP contribution in [0.4, 0.5) is 13.2 Å². The van der Waals surface area contributed by atoms with Crippen LogP contribution in [0.2, 0.25) is 5.02 Å². The van der Waals surface area contributed by atoms with Crippen LogP contribution in [-0.2, 0) is 19.3 Å². The van der Waals surface area contributed by atoms with Gasteiger partial charge in [0.15, 0.2) is 17.4 Å². The summed E-state index contributed by atoms with van der Waals surface area (Å²) in [5.74, 6) is 1.01. The molecule has 10 heteroatoms. The second-order valence-corrected chi connectivity index (χ2v) is 6.85. The molecule has 1 amide bonds. The van der Waals surface area contributed by atoms with Crippen LogP contribution in [0.3, 0.4) is 0 Å². The maximum Gasteiger partial charge on any atom is 0.417 e. The van der Waals surface area contributed by atoms with E-state index in [0.717, 1.165) is 6.07 Å². The van der Waals surface area contributed by atoms with E-state index in [-0.39, 0.29) is 18.2 Å². The lowest BCUT2D eigenvalue weighted by molar-refractivity contribution is -0.137. The van der Waals surface area contributed by atoms with Crippen LogP contribution in [0.15, 0.2) is 41.0 Å². The molecule has 1 aliphatic heterocycles. The Bertz CT molecular complexity index is 1030. The summed E-state index contributed by atoms with van der Waals surface area (Å²) in [5, 5.41) is 7.61. The zero-order valence-corrected chi connectivity index (χ0v) is 15.3. The van der Waals surface area contributed by atoms with Crippen LogP contribution in [0, 0.1) is 0 Å². The fourth-order valence-electron chi connectivity index (χ4n) is 3.25. The van der Waals surface area contributed by atoms with E-state index in [9.17, 15) is 18.0 Å². The molecule has 0 N–H and O–H groups in total. The van der Waals surface area contributed by atoms with Crippen molar-refractivity contribution in [2.75, 3.05) is 0 Å². The molecule has 2 aromatic heterocycles. The van der Waals surface area contributed by atoms with Gasteiger partial charge in [-0.3, -0.25) is 4.79 Å². The molecule has 3 heterocycles. The highest BCUT2D eigenvalue weighted by molar-refractivity contribution is 6.34. The van der Waals surface area contributed by atoms with Crippen molar-refractivity contribution in [2.45, 2.75) is 32.2 Å². The zero-order chi connectivity index (χ0) is 20.1. The Hall–Kier alpha value is -2.81. The van der Waals surface area contributed by atoms with Gasteiger partial charge in [-0.2, -0.15) is 13.2 Å². The first-order chi connectivity index (χ1) is 13.3. The van der Waals surface area contributed by atoms with Crippen LogP contribution < -0.4 is 0 Å². The summed E-state index contributed by atoms with van der Waals surface area (Å²) in [7, 11) is 0. The van der Waals surface area contributed by atoms with Crippen molar-refractivity contribution in [1.82, 2.24) is 19.7 Å². The molecular weight excluding hydrogens is 397 g/mol. The van der Waals surface area contributed by atoms with Crippen LogP contribution in [-0.4, -0.2) is 31.6 Å². The van der Waals surface area contributed by atoms with Gasteiger partial charge >= 0.3 is 6.18 Å². The Kier molecular flexibility index (Phi) is 4.41. The summed E-state index contributed by atoms with van der Waals surface area (Å²) in [6, 6.07) is 6.49. The van der Waals surface area contributed by atoms with Gasteiger partial charge in [0.1, 0.15) is 0 Å². The Morgan fingerprint density at radius 1 is 1.25 bits per heavy atom. The van der Waals surface area contributed by atoms with Gasteiger partial charge in [-0.25, -0.2) is 0 Å². The van der Waals surface area contributed by atoms with Crippen molar-refractivity contribution in [1.29, 1.82) is 0 Å². The van der Waals surface area contributed by atoms with Crippen molar-refractivity contribution in [3.63, 3.8) is 0 Å². The molecule has 3 aromatic rings. The molecule has 6 nitrogen and oxygen atoms in total. The Morgan fingerprint density at radius 2 is 2.04 bits per heavy atom. The summed E-state index contributed by atoms with van der Waals surface area (Å²) < 4.78 is 46.5. The summed E-state index contributed by atoms with van der Waals surface area (Å²) >= 11 is 5.91. The van der Waals surface area contributed by atoms with Gasteiger partial charge in [0.25, 0.3) is 5.91 Å². The molecule has 1 unspecified atom stereocenters. The highest BCUT2D eigenvalue weighted by Gasteiger charge is 2.37. The highest BCUT2D eigenvalue weighted by Crippen LogP contribution is 2.37. The normalized spacial score (nSPS) is 16.9. The van der Waals surface area contributed by atoms with Crippen molar-refractivity contribution in [2.24, 2.45) is 0 Å². The molecule has 1 aromatic carbocycles. The molecule has 1 atom stereocenters. The van der Waals surface area contributed by atoms with Gasteiger partial charge in [-0.05, 0) is 31.2 Å². The predicted octanol–water partition coefficient (Wildman–Crippen LogP) is 4.25. The molecule has 146 valence electrons. The first kappa shape index (κ1) is 18.5. The van der Waals surface area contributed by atoms with Crippen molar-refractivity contribution in [3.05, 3.63) is 58.6 Å². The number of furan rings is 1. The van der Waals surface area contributed by atoms with E-state index in [0.29, 0.717) is 24.0 Å². The summed E-state index contributed by atoms with van der Waals surface area (Å²) in [5.41, 5.74) is -1.23. The Labute approximate surface area is 162 Å². The van der Waals surface area contributed by atoms with E-state index >= 15 is 0 Å². The third kappa shape index (κ3) is 3.05. The van der Waals surface area contributed by atoms with Crippen LogP contribution in [0.5, 0.6) is 0 Å². The molecule has 0 saturated carbocycles. The van der Waals surface area contributed by atoms with E-state index < -0.39 is 22.7 Å². The number of carbonyl (C=O) groups excluding carboxylic acids is 1. The lowest BCUT2D eigenvalue weighted by atomic mass is 10.1. The molecule has 0 fully saturated rings. The molecule has 0 bridgehead atoms. The van der Waals surface area contributed by atoms with Gasteiger partial charge < -0.3 is 13.9 Å². The van der Waals surface area contributed by atoms with Crippen molar-refractivity contribution in [3.8, 4) is 11.6 Å². The third-order valence-corrected chi connectivity index (χ3v) is 5.06. The van der Waals surface area contributed by atoms with E-state index in [1.807, 2.05) is 4.57 Å². The second-order valence-electron chi connectivity index (χ2n) is 6.47. The topological polar surface area (TPSA) is 64.2 Å². The molecule has 0 aliphatic carbocycles. The van der Waals surface area contributed by atoms with Crippen LogP contribution in [0.25, 0.3) is 11.6 Å². The number of hydrogen-bond acceptors (Lipinski definition) is 4. The predicted molar refractivity (Wildman–Crippen MR) is 93.5 cm³/mol. The summed E-state index contributed by atoms with van der Waals surface area (Å²) in [6.07, 6.45) is -3.12. The average molecular weight is 411 g/mol. The molecule has 0 saturated heterocycles. The third-order valence-electron chi connectivity index (χ3n) is 4.65. The fourth-order valence-corrected chi connectivity index (χ4v) is 3.56. The number of aromatic nitrogens is 3. The van der Waals surface area contributed by atoms with E-state index in [1.54, 1.807) is 19.1 Å². The molecule has 1 aliphatic rings. The molecule has 28 heavy (non-hydrogen) atoms. The van der Waals surface area contributed by atoms with Gasteiger partial charge in [0, 0.05) is 12.6 Å². The average Bonchev–Trinajstić information content (AvgIpc) is 3.28. The quantitative estimate of drug-likeness (QED) is 0.633. The van der Waals surface area contributed by atoms with Gasteiger partial charge in [-0.1, -0.05) is 17.7 Å². The monoisotopic (exact) mass is 410 g/mol. The second kappa shape index (κ2) is 6.66. The minimum Gasteiger partial charge on any atom is -0.461 e. The van der Waals surface area contributed by atoms with Gasteiger partial charge in [0.2, 0.25) is 0 Å². The van der Waals surface area contributed by atoms with Crippen LogP contribution in [0.1, 0.15) is 28.7 Å². The number of alkyl halides is 3. The minimum absolute atomic E-state index is 0.0975. The fraction of sp³-hybridized carbons (Fsp3) is 0.278. The van der Waals surface area contributed by atoms with Gasteiger partial charge in [-0.15, -0.1) is 10.2 Å².